The van der Waals surface area contributed by atoms with E-state index in [4.69, 9.17) is 17.0 Å². The molecule has 0 spiro atoms. The zero-order valence-electron chi connectivity index (χ0n) is 14.5. The van der Waals surface area contributed by atoms with E-state index in [9.17, 15) is 13.2 Å². The fourth-order valence-electron chi connectivity index (χ4n) is 2.72. The summed E-state index contributed by atoms with van der Waals surface area (Å²) in [5.74, 6) is -0.155. The van der Waals surface area contributed by atoms with Gasteiger partial charge in [-0.05, 0) is 0 Å². The van der Waals surface area contributed by atoms with Crippen LogP contribution in [0.5, 0.6) is 0 Å². The standard InChI is InChI=1S/C14H23N3O5S2Se/c1-4-15-22-24(19,20)9-5-8-17-10(6-7-11(17)21-3)12-13(18)16(2)14(23)25-12/h11,15H,4-9H2,1-3H3/b12-10+. The summed E-state index contributed by atoms with van der Waals surface area (Å²) in [4.78, 5) is 15.9. The minimum absolute atomic E-state index is 0.0511. The molecule has 11 heteroatoms. The number of carbonyl (C=O) groups is 1. The predicted octanol–water partition coefficient (Wildman–Crippen LogP) is -0.0116. The molecule has 1 N–H and O–H groups in total. The van der Waals surface area contributed by atoms with E-state index in [2.05, 4.69) is 9.76 Å². The van der Waals surface area contributed by atoms with Crippen molar-refractivity contribution in [3.8, 4) is 0 Å². The summed E-state index contributed by atoms with van der Waals surface area (Å²) in [7, 11) is -0.299. The van der Waals surface area contributed by atoms with Crippen LogP contribution in [0.2, 0.25) is 0 Å². The van der Waals surface area contributed by atoms with Crippen molar-refractivity contribution in [3.63, 3.8) is 0 Å². The fourth-order valence-corrected chi connectivity index (χ4v) is 6.11. The van der Waals surface area contributed by atoms with E-state index in [1.165, 1.54) is 4.90 Å². The summed E-state index contributed by atoms with van der Waals surface area (Å²) in [6, 6.07) is 0. The van der Waals surface area contributed by atoms with Crippen LogP contribution < -0.4 is 5.48 Å². The Balaban J connectivity index is 2.08. The van der Waals surface area contributed by atoms with Crippen molar-refractivity contribution in [1.82, 2.24) is 15.3 Å². The van der Waals surface area contributed by atoms with Crippen molar-refractivity contribution in [2.45, 2.75) is 32.4 Å². The summed E-state index contributed by atoms with van der Waals surface area (Å²) in [5.41, 5.74) is 3.30. The van der Waals surface area contributed by atoms with Gasteiger partial charge in [0, 0.05) is 0 Å². The quantitative estimate of drug-likeness (QED) is 0.236. The molecule has 0 bridgehead atoms. The topological polar surface area (TPSA) is 88.2 Å². The predicted molar refractivity (Wildman–Crippen MR) is 98.1 cm³/mol. The molecule has 0 aliphatic carbocycles. The van der Waals surface area contributed by atoms with Gasteiger partial charge in [-0.1, -0.05) is 0 Å². The van der Waals surface area contributed by atoms with E-state index >= 15 is 0 Å². The van der Waals surface area contributed by atoms with Gasteiger partial charge in [0.05, 0.1) is 0 Å². The number of likely N-dealkylation sites (N-methyl/N-ethyl adjacent to an activating group) is 1. The van der Waals surface area contributed by atoms with Crippen LogP contribution in [0.3, 0.4) is 0 Å². The van der Waals surface area contributed by atoms with Gasteiger partial charge in [0.1, 0.15) is 0 Å². The zero-order chi connectivity index (χ0) is 18.6. The molecule has 2 fully saturated rings. The van der Waals surface area contributed by atoms with Gasteiger partial charge < -0.3 is 0 Å². The summed E-state index contributed by atoms with van der Waals surface area (Å²) < 4.78 is 35.1. The Hall–Kier alpha value is -0.551. The average Bonchev–Trinajstić information content (AvgIpc) is 3.09. The number of ether oxygens (including phenoxy) is 1. The molecule has 2 heterocycles. The molecule has 0 aromatic heterocycles. The zero-order valence-corrected chi connectivity index (χ0v) is 17.8. The number of nitrogens with one attached hydrogen (secondary N) is 1. The second-order valence-corrected chi connectivity index (χ2v) is 10.4. The fraction of sp³-hybridized carbons (Fsp3) is 0.714. The molecule has 2 saturated heterocycles. The molecule has 142 valence electrons. The molecule has 1 amide bonds. The van der Waals surface area contributed by atoms with Crippen LogP contribution in [0.25, 0.3) is 0 Å². The van der Waals surface area contributed by atoms with Gasteiger partial charge in [0.2, 0.25) is 0 Å². The third-order valence-corrected chi connectivity index (χ3v) is 8.04. The number of rotatable bonds is 8. The Labute approximate surface area is 160 Å². The molecule has 2 rings (SSSR count). The molecular weight excluding hydrogens is 433 g/mol. The van der Waals surface area contributed by atoms with E-state index in [1.54, 1.807) is 21.1 Å². The molecule has 2 aliphatic heterocycles. The third-order valence-electron chi connectivity index (χ3n) is 3.94. The summed E-state index contributed by atoms with van der Waals surface area (Å²) in [6.45, 7) is 2.64. The van der Waals surface area contributed by atoms with Crippen LogP contribution in [0, 0.1) is 0 Å². The van der Waals surface area contributed by atoms with Crippen molar-refractivity contribution in [1.29, 1.82) is 0 Å². The van der Waals surface area contributed by atoms with Crippen molar-refractivity contribution >= 4 is 47.1 Å². The number of allylic oxidation sites excluding steroid dienone is 1. The van der Waals surface area contributed by atoms with Crippen molar-refractivity contribution in [2.24, 2.45) is 0 Å². The average molecular weight is 456 g/mol. The van der Waals surface area contributed by atoms with E-state index < -0.39 is 10.1 Å². The molecule has 1 atom stereocenters. The molecule has 0 aromatic rings. The molecule has 1 unspecified atom stereocenters. The van der Waals surface area contributed by atoms with E-state index in [0.717, 1.165) is 23.0 Å². The number of likely N-dealkylation sites (tertiary alicyclic amines) is 1. The Kier molecular flexibility index (Phi) is 7.39. The van der Waals surface area contributed by atoms with E-state index in [1.807, 2.05) is 4.90 Å². The number of hydrogen-bond donors (Lipinski definition) is 1. The van der Waals surface area contributed by atoms with Crippen LogP contribution in [0.4, 0.5) is 0 Å². The van der Waals surface area contributed by atoms with Gasteiger partial charge in [-0.15, -0.1) is 0 Å². The van der Waals surface area contributed by atoms with E-state index in [0.29, 0.717) is 23.4 Å². The maximum absolute atomic E-state index is 12.4. The maximum atomic E-state index is 12.4. The van der Waals surface area contributed by atoms with Crippen LogP contribution in [-0.4, -0.2) is 82.2 Å². The summed E-state index contributed by atoms with van der Waals surface area (Å²) >= 11 is 5.08. The molecule has 25 heavy (non-hydrogen) atoms. The first kappa shape index (κ1) is 20.8. The number of carbonyl (C=O) groups excluding carboxylic acids is 1. The number of thiocarbonyl (C=S) groups is 1. The molecule has 0 radical (unpaired) electrons. The van der Waals surface area contributed by atoms with Gasteiger partial charge in [0.15, 0.2) is 0 Å². The van der Waals surface area contributed by atoms with Crippen LogP contribution in [0.1, 0.15) is 26.2 Å². The SMILES string of the molecule is CCNOS(=O)(=O)CCCN1/C(=C2/[Se]C(=S)N(C)C2=O)CCC1OC. The summed E-state index contributed by atoms with van der Waals surface area (Å²) in [6.07, 6.45) is 1.74. The van der Waals surface area contributed by atoms with Gasteiger partial charge >= 0.3 is 160 Å². The van der Waals surface area contributed by atoms with Crippen LogP contribution in [0.15, 0.2) is 10.2 Å². The Morgan fingerprint density at radius 1 is 1.44 bits per heavy atom. The van der Waals surface area contributed by atoms with E-state index in [-0.39, 0.29) is 32.8 Å². The minimum atomic E-state index is -3.61. The molecule has 0 saturated carbocycles. The van der Waals surface area contributed by atoms with Gasteiger partial charge in [-0.25, -0.2) is 0 Å². The monoisotopic (exact) mass is 457 g/mol. The number of nitrogens with zero attached hydrogens (tertiary/aromatic N) is 2. The van der Waals surface area contributed by atoms with Crippen LogP contribution >= 0.6 is 12.2 Å². The molecule has 0 aromatic carbocycles. The van der Waals surface area contributed by atoms with Gasteiger partial charge in [-0.3, -0.25) is 0 Å². The number of hydrogen-bond acceptors (Lipinski definition) is 8. The van der Waals surface area contributed by atoms with Crippen molar-refractivity contribution in [3.05, 3.63) is 10.2 Å². The van der Waals surface area contributed by atoms with Crippen molar-refractivity contribution in [2.75, 3.05) is 33.0 Å². The second-order valence-electron chi connectivity index (χ2n) is 5.63. The third kappa shape index (κ3) is 5.00. The Morgan fingerprint density at radius 2 is 2.16 bits per heavy atom. The Bertz CT molecular complexity index is 667. The normalized spacial score (nSPS) is 24.7. The number of hydroxylamine groups is 1. The first-order chi connectivity index (χ1) is 11.8. The number of amides is 1. The second kappa shape index (κ2) is 8.90. The number of methoxy groups -OCH3 is 1. The first-order valence-corrected chi connectivity index (χ1v) is 11.7. The molecule has 2 aliphatic rings. The van der Waals surface area contributed by atoms with Gasteiger partial charge in [0.25, 0.3) is 0 Å². The van der Waals surface area contributed by atoms with Gasteiger partial charge in [-0.2, -0.15) is 0 Å². The molecule has 8 nitrogen and oxygen atoms in total. The Morgan fingerprint density at radius 3 is 2.72 bits per heavy atom. The van der Waals surface area contributed by atoms with Crippen molar-refractivity contribution < 1.29 is 22.2 Å². The first-order valence-electron chi connectivity index (χ1n) is 7.97. The van der Waals surface area contributed by atoms with Crippen LogP contribution in [-0.2, 0) is 23.9 Å². The summed E-state index contributed by atoms with van der Waals surface area (Å²) in [5, 5.41) is 0. The molecular formula is C14H23N3O5S2Se.